The summed E-state index contributed by atoms with van der Waals surface area (Å²) in [6, 6.07) is 2.85. The van der Waals surface area contributed by atoms with Crippen LogP contribution in [0.15, 0.2) is 18.2 Å². The Morgan fingerprint density at radius 3 is 2.58 bits per heavy atom. The third-order valence-corrected chi connectivity index (χ3v) is 5.19. The Hall–Kier alpha value is -1.74. The molecular formula is C15H20F2N2O4S. The van der Waals surface area contributed by atoms with Crippen molar-refractivity contribution >= 4 is 15.9 Å². The van der Waals surface area contributed by atoms with Gasteiger partial charge in [0.15, 0.2) is 18.2 Å². The number of benzene rings is 1. The van der Waals surface area contributed by atoms with Crippen LogP contribution in [-0.4, -0.2) is 51.1 Å². The van der Waals surface area contributed by atoms with Gasteiger partial charge < -0.3 is 10.1 Å². The molecule has 9 heteroatoms. The SMILES string of the molecule is CS(=O)(=O)N1CCC(CNC(=O)COc2ccc(F)cc2F)CC1. The molecule has 0 aliphatic carbocycles. The lowest BCUT2D eigenvalue weighted by Crippen LogP contribution is -2.41. The fourth-order valence-electron chi connectivity index (χ4n) is 2.49. The van der Waals surface area contributed by atoms with Crippen LogP contribution in [0.4, 0.5) is 8.78 Å². The second-order valence-electron chi connectivity index (χ2n) is 5.77. The maximum atomic E-state index is 13.4. The molecule has 0 aromatic heterocycles. The van der Waals surface area contributed by atoms with Gasteiger partial charge in [-0.3, -0.25) is 4.79 Å². The zero-order chi connectivity index (χ0) is 17.7. The Balaban J connectivity index is 1.70. The van der Waals surface area contributed by atoms with Crippen molar-refractivity contribution in [3.63, 3.8) is 0 Å². The zero-order valence-corrected chi connectivity index (χ0v) is 14.1. The molecule has 1 aliphatic heterocycles. The largest absolute Gasteiger partial charge is 0.481 e. The van der Waals surface area contributed by atoms with E-state index in [1.165, 1.54) is 10.6 Å². The molecule has 0 atom stereocenters. The van der Waals surface area contributed by atoms with Crippen molar-refractivity contribution in [1.29, 1.82) is 0 Å². The quantitative estimate of drug-likeness (QED) is 0.823. The van der Waals surface area contributed by atoms with Gasteiger partial charge in [-0.05, 0) is 30.9 Å². The predicted octanol–water partition coefficient (Wildman–Crippen LogP) is 1.13. The standard InChI is InChI=1S/C15H20F2N2O4S/c1-24(21,22)19-6-4-11(5-7-19)9-18-15(20)10-23-14-3-2-12(16)8-13(14)17/h2-3,8,11H,4-7,9-10H2,1H3,(H,18,20). The summed E-state index contributed by atoms with van der Waals surface area (Å²) < 4.78 is 55.4. The first-order chi connectivity index (χ1) is 11.3. The molecule has 0 bridgehead atoms. The van der Waals surface area contributed by atoms with E-state index in [-0.39, 0.29) is 18.3 Å². The van der Waals surface area contributed by atoms with Crippen LogP contribution in [0.1, 0.15) is 12.8 Å². The average Bonchev–Trinajstić information content (AvgIpc) is 2.51. The van der Waals surface area contributed by atoms with Crippen LogP contribution in [0.5, 0.6) is 5.75 Å². The van der Waals surface area contributed by atoms with E-state index in [2.05, 4.69) is 5.32 Å². The number of nitrogens with zero attached hydrogens (tertiary/aromatic N) is 1. The van der Waals surface area contributed by atoms with Gasteiger partial charge in [0.2, 0.25) is 10.0 Å². The normalized spacial score (nSPS) is 16.8. The average molecular weight is 362 g/mol. The van der Waals surface area contributed by atoms with Crippen LogP contribution in [0, 0.1) is 17.6 Å². The molecular weight excluding hydrogens is 342 g/mol. The molecule has 0 spiro atoms. The number of carbonyl (C=O) groups excluding carboxylic acids is 1. The first-order valence-corrected chi connectivity index (χ1v) is 9.40. The second-order valence-corrected chi connectivity index (χ2v) is 7.76. The molecule has 1 N–H and O–H groups in total. The number of halogens is 2. The van der Waals surface area contributed by atoms with Crippen LogP contribution < -0.4 is 10.1 Å². The van der Waals surface area contributed by atoms with Gasteiger partial charge in [0.25, 0.3) is 5.91 Å². The lowest BCUT2D eigenvalue weighted by molar-refractivity contribution is -0.123. The number of piperidine rings is 1. The highest BCUT2D eigenvalue weighted by Gasteiger charge is 2.25. The van der Waals surface area contributed by atoms with Gasteiger partial charge in [0.1, 0.15) is 5.82 Å². The van der Waals surface area contributed by atoms with Crippen molar-refractivity contribution in [1.82, 2.24) is 9.62 Å². The second kappa shape index (κ2) is 7.89. The molecule has 24 heavy (non-hydrogen) atoms. The highest BCUT2D eigenvalue weighted by atomic mass is 32.2. The number of amides is 1. The van der Waals surface area contributed by atoms with Crippen LogP contribution >= 0.6 is 0 Å². The number of carbonyl (C=O) groups is 1. The molecule has 1 aromatic rings. The number of hydrogen-bond donors (Lipinski definition) is 1. The molecule has 1 heterocycles. The molecule has 1 fully saturated rings. The Kier molecular flexibility index (Phi) is 6.11. The summed E-state index contributed by atoms with van der Waals surface area (Å²) in [5.74, 6) is -1.99. The summed E-state index contributed by atoms with van der Waals surface area (Å²) >= 11 is 0. The summed E-state index contributed by atoms with van der Waals surface area (Å²) in [6.45, 7) is 0.920. The summed E-state index contributed by atoms with van der Waals surface area (Å²) in [6.07, 6.45) is 2.52. The van der Waals surface area contributed by atoms with Gasteiger partial charge in [0, 0.05) is 25.7 Å². The van der Waals surface area contributed by atoms with Crippen LogP contribution in [0.25, 0.3) is 0 Å². The predicted molar refractivity (Wildman–Crippen MR) is 84.0 cm³/mol. The topological polar surface area (TPSA) is 75.7 Å². The molecule has 0 radical (unpaired) electrons. The number of rotatable bonds is 6. The monoisotopic (exact) mass is 362 g/mol. The van der Waals surface area contributed by atoms with E-state index in [0.717, 1.165) is 12.1 Å². The van der Waals surface area contributed by atoms with Crippen molar-refractivity contribution < 1.29 is 26.7 Å². The molecule has 2 rings (SSSR count). The first kappa shape index (κ1) is 18.6. The van der Waals surface area contributed by atoms with Crippen molar-refractivity contribution in [3.05, 3.63) is 29.8 Å². The third-order valence-electron chi connectivity index (χ3n) is 3.88. The zero-order valence-electron chi connectivity index (χ0n) is 13.3. The van der Waals surface area contributed by atoms with Gasteiger partial charge in [-0.15, -0.1) is 0 Å². The maximum Gasteiger partial charge on any atom is 0.257 e. The Bertz CT molecular complexity index is 689. The van der Waals surface area contributed by atoms with E-state index in [9.17, 15) is 22.0 Å². The number of hydrogen-bond acceptors (Lipinski definition) is 4. The van der Waals surface area contributed by atoms with Crippen molar-refractivity contribution in [2.24, 2.45) is 5.92 Å². The summed E-state index contributed by atoms with van der Waals surface area (Å²) in [7, 11) is -3.16. The molecule has 1 amide bonds. The molecule has 6 nitrogen and oxygen atoms in total. The van der Waals surface area contributed by atoms with Crippen molar-refractivity contribution in [2.75, 3.05) is 32.5 Å². The highest BCUT2D eigenvalue weighted by Crippen LogP contribution is 2.19. The molecule has 0 unspecified atom stereocenters. The number of ether oxygens (including phenoxy) is 1. The van der Waals surface area contributed by atoms with E-state index in [1.807, 2.05) is 0 Å². The van der Waals surface area contributed by atoms with Crippen LogP contribution in [0.2, 0.25) is 0 Å². The van der Waals surface area contributed by atoms with Crippen molar-refractivity contribution in [2.45, 2.75) is 12.8 Å². The van der Waals surface area contributed by atoms with Gasteiger partial charge in [-0.1, -0.05) is 0 Å². The minimum Gasteiger partial charge on any atom is -0.481 e. The van der Waals surface area contributed by atoms with Gasteiger partial charge in [-0.25, -0.2) is 21.5 Å². The van der Waals surface area contributed by atoms with Gasteiger partial charge in [-0.2, -0.15) is 0 Å². The molecule has 0 saturated carbocycles. The molecule has 1 saturated heterocycles. The first-order valence-electron chi connectivity index (χ1n) is 7.55. The summed E-state index contributed by atoms with van der Waals surface area (Å²) in [5, 5.41) is 2.68. The van der Waals surface area contributed by atoms with Crippen molar-refractivity contribution in [3.8, 4) is 5.75 Å². The lowest BCUT2D eigenvalue weighted by atomic mass is 9.98. The van der Waals surface area contributed by atoms with Gasteiger partial charge >= 0.3 is 0 Å². The minimum absolute atomic E-state index is 0.187. The van der Waals surface area contributed by atoms with E-state index in [0.29, 0.717) is 38.5 Å². The summed E-state index contributed by atoms with van der Waals surface area (Å²) in [4.78, 5) is 11.7. The fraction of sp³-hybridized carbons (Fsp3) is 0.533. The summed E-state index contributed by atoms with van der Waals surface area (Å²) in [5.41, 5.74) is 0. The molecule has 1 aromatic carbocycles. The van der Waals surface area contributed by atoms with Gasteiger partial charge in [0.05, 0.1) is 6.26 Å². The Morgan fingerprint density at radius 1 is 1.33 bits per heavy atom. The van der Waals surface area contributed by atoms with Crippen LogP contribution in [0.3, 0.4) is 0 Å². The highest BCUT2D eigenvalue weighted by molar-refractivity contribution is 7.88. The number of nitrogens with one attached hydrogen (secondary N) is 1. The van der Waals surface area contributed by atoms with E-state index < -0.39 is 27.6 Å². The van der Waals surface area contributed by atoms with E-state index in [4.69, 9.17) is 4.74 Å². The Labute approximate surface area is 139 Å². The van der Waals surface area contributed by atoms with Crippen LogP contribution in [-0.2, 0) is 14.8 Å². The maximum absolute atomic E-state index is 13.4. The Morgan fingerprint density at radius 2 is 2.00 bits per heavy atom. The third kappa shape index (κ3) is 5.41. The van der Waals surface area contributed by atoms with E-state index in [1.54, 1.807) is 0 Å². The smallest absolute Gasteiger partial charge is 0.257 e. The lowest BCUT2D eigenvalue weighted by Gasteiger charge is -2.30. The number of sulfonamides is 1. The fourth-order valence-corrected chi connectivity index (χ4v) is 3.36. The molecule has 1 aliphatic rings. The van der Waals surface area contributed by atoms with E-state index >= 15 is 0 Å². The minimum atomic E-state index is -3.16. The molecule has 134 valence electrons.